The first kappa shape index (κ1) is 15.5. The Bertz CT molecular complexity index is 397. The zero-order valence-corrected chi connectivity index (χ0v) is 12.9. The van der Waals surface area contributed by atoms with Gasteiger partial charge in [0.1, 0.15) is 0 Å². The molecule has 20 heavy (non-hydrogen) atoms. The van der Waals surface area contributed by atoms with Crippen LogP contribution >= 0.6 is 0 Å². The van der Waals surface area contributed by atoms with Gasteiger partial charge in [-0.25, -0.2) is 0 Å². The molecule has 1 aliphatic rings. The van der Waals surface area contributed by atoms with Gasteiger partial charge in [-0.3, -0.25) is 0 Å². The van der Waals surface area contributed by atoms with Crippen LogP contribution in [0.15, 0.2) is 24.3 Å². The number of hydrogen-bond donors (Lipinski definition) is 2. The predicted octanol–water partition coefficient (Wildman–Crippen LogP) is 2.50. The molecule has 1 saturated carbocycles. The standard InChI is InChI=1S/C17H29N3/c1-3-20(4-2)11-10-19-17(13-18)16-7-5-6-15(12-16)14-8-9-14/h5-7,12,14,17,19H,3-4,8-11,13,18H2,1-2H3. The topological polar surface area (TPSA) is 41.3 Å². The smallest absolute Gasteiger partial charge is 0.0445 e. The molecule has 1 aromatic rings. The minimum Gasteiger partial charge on any atom is -0.329 e. The number of hydrogen-bond acceptors (Lipinski definition) is 3. The molecule has 1 aliphatic carbocycles. The number of rotatable bonds is 9. The first-order chi connectivity index (χ1) is 9.78. The third-order valence-electron chi connectivity index (χ3n) is 4.31. The maximum Gasteiger partial charge on any atom is 0.0445 e. The fourth-order valence-corrected chi connectivity index (χ4v) is 2.72. The van der Waals surface area contributed by atoms with E-state index in [1.165, 1.54) is 24.0 Å². The van der Waals surface area contributed by atoms with E-state index in [4.69, 9.17) is 5.73 Å². The lowest BCUT2D eigenvalue weighted by molar-refractivity contribution is 0.297. The highest BCUT2D eigenvalue weighted by atomic mass is 15.1. The van der Waals surface area contributed by atoms with Crippen molar-refractivity contribution >= 4 is 0 Å². The molecule has 0 aliphatic heterocycles. The molecule has 0 spiro atoms. The average molecular weight is 275 g/mol. The summed E-state index contributed by atoms with van der Waals surface area (Å²) in [5.41, 5.74) is 8.79. The number of likely N-dealkylation sites (N-methyl/N-ethyl adjacent to an activating group) is 1. The summed E-state index contributed by atoms with van der Waals surface area (Å²) in [7, 11) is 0. The largest absolute Gasteiger partial charge is 0.329 e. The van der Waals surface area contributed by atoms with Crippen LogP contribution in [0.3, 0.4) is 0 Å². The number of nitrogens with zero attached hydrogens (tertiary/aromatic N) is 1. The van der Waals surface area contributed by atoms with Gasteiger partial charge in [-0.15, -0.1) is 0 Å². The molecule has 1 aromatic carbocycles. The van der Waals surface area contributed by atoms with Crippen molar-refractivity contribution in [2.75, 3.05) is 32.7 Å². The van der Waals surface area contributed by atoms with E-state index < -0.39 is 0 Å². The minimum atomic E-state index is 0.282. The van der Waals surface area contributed by atoms with E-state index in [1.54, 1.807) is 0 Å². The van der Waals surface area contributed by atoms with E-state index in [1.807, 2.05) is 0 Å². The van der Waals surface area contributed by atoms with Gasteiger partial charge >= 0.3 is 0 Å². The number of benzene rings is 1. The van der Waals surface area contributed by atoms with Crippen molar-refractivity contribution in [1.29, 1.82) is 0 Å². The van der Waals surface area contributed by atoms with Gasteiger partial charge in [0.25, 0.3) is 0 Å². The lowest BCUT2D eigenvalue weighted by Crippen LogP contribution is -2.36. The van der Waals surface area contributed by atoms with E-state index in [0.29, 0.717) is 6.54 Å². The van der Waals surface area contributed by atoms with Crippen LogP contribution in [0, 0.1) is 0 Å². The maximum absolute atomic E-state index is 5.95. The van der Waals surface area contributed by atoms with Gasteiger partial charge in [-0.2, -0.15) is 0 Å². The Hall–Kier alpha value is -0.900. The molecule has 0 saturated heterocycles. The molecule has 0 heterocycles. The number of nitrogens with one attached hydrogen (secondary N) is 1. The first-order valence-corrected chi connectivity index (χ1v) is 8.04. The van der Waals surface area contributed by atoms with Crippen LogP contribution in [0.25, 0.3) is 0 Å². The maximum atomic E-state index is 5.95. The van der Waals surface area contributed by atoms with Crippen LogP contribution in [0.2, 0.25) is 0 Å². The third-order valence-corrected chi connectivity index (χ3v) is 4.31. The molecule has 3 N–H and O–H groups in total. The minimum absolute atomic E-state index is 0.282. The zero-order chi connectivity index (χ0) is 14.4. The third kappa shape index (κ3) is 4.30. The van der Waals surface area contributed by atoms with Gasteiger partial charge in [-0.05, 0) is 43.0 Å². The molecule has 2 rings (SSSR count). The van der Waals surface area contributed by atoms with E-state index >= 15 is 0 Å². The van der Waals surface area contributed by atoms with E-state index in [-0.39, 0.29) is 6.04 Å². The lowest BCUT2D eigenvalue weighted by Gasteiger charge is -2.22. The van der Waals surface area contributed by atoms with Crippen LogP contribution in [0.5, 0.6) is 0 Å². The van der Waals surface area contributed by atoms with Crippen molar-refractivity contribution in [2.45, 2.75) is 38.6 Å². The summed E-state index contributed by atoms with van der Waals surface area (Å²) < 4.78 is 0. The Labute approximate surface area is 123 Å². The lowest BCUT2D eigenvalue weighted by atomic mass is 10.0. The Balaban J connectivity index is 1.88. The van der Waals surface area contributed by atoms with Crippen molar-refractivity contribution in [3.63, 3.8) is 0 Å². The molecule has 0 amide bonds. The highest BCUT2D eigenvalue weighted by Crippen LogP contribution is 2.40. The summed E-state index contributed by atoms with van der Waals surface area (Å²) >= 11 is 0. The molecule has 1 unspecified atom stereocenters. The molecule has 3 heteroatoms. The molecule has 0 bridgehead atoms. The van der Waals surface area contributed by atoms with Crippen molar-refractivity contribution < 1.29 is 0 Å². The summed E-state index contributed by atoms with van der Waals surface area (Å²) in [6.07, 6.45) is 2.71. The van der Waals surface area contributed by atoms with E-state index in [9.17, 15) is 0 Å². The van der Waals surface area contributed by atoms with Crippen LogP contribution in [0.1, 0.15) is 49.8 Å². The normalized spacial score (nSPS) is 16.6. The summed E-state index contributed by atoms with van der Waals surface area (Å²) in [6, 6.07) is 9.26. The van der Waals surface area contributed by atoms with Gasteiger partial charge in [-0.1, -0.05) is 38.1 Å². The second-order valence-corrected chi connectivity index (χ2v) is 5.71. The van der Waals surface area contributed by atoms with E-state index in [0.717, 1.165) is 32.1 Å². The molecule has 0 aromatic heterocycles. The highest BCUT2D eigenvalue weighted by molar-refractivity contribution is 5.31. The summed E-state index contributed by atoms with van der Waals surface area (Å²) in [4.78, 5) is 2.43. The second kappa shape index (κ2) is 7.77. The van der Waals surface area contributed by atoms with Crippen LogP contribution in [0.4, 0.5) is 0 Å². The molecule has 0 radical (unpaired) electrons. The van der Waals surface area contributed by atoms with Crippen molar-refractivity contribution in [2.24, 2.45) is 5.73 Å². The van der Waals surface area contributed by atoms with E-state index in [2.05, 4.69) is 48.3 Å². The fourth-order valence-electron chi connectivity index (χ4n) is 2.72. The van der Waals surface area contributed by atoms with Gasteiger partial charge in [0.2, 0.25) is 0 Å². The fraction of sp³-hybridized carbons (Fsp3) is 0.647. The highest BCUT2D eigenvalue weighted by Gasteiger charge is 2.24. The van der Waals surface area contributed by atoms with Crippen molar-refractivity contribution in [3.05, 3.63) is 35.4 Å². The molecule has 112 valence electrons. The molecule has 3 nitrogen and oxygen atoms in total. The predicted molar refractivity (Wildman–Crippen MR) is 86.0 cm³/mol. The van der Waals surface area contributed by atoms with Gasteiger partial charge < -0.3 is 16.0 Å². The first-order valence-electron chi connectivity index (χ1n) is 8.04. The molecule has 1 fully saturated rings. The molecule has 1 atom stereocenters. The molecular weight excluding hydrogens is 246 g/mol. The Kier molecular flexibility index (Phi) is 6.02. The average Bonchev–Trinajstić information content (AvgIpc) is 3.32. The Morgan fingerprint density at radius 2 is 2.05 bits per heavy atom. The van der Waals surface area contributed by atoms with Gasteiger partial charge in [0, 0.05) is 25.7 Å². The van der Waals surface area contributed by atoms with Gasteiger partial charge in [0.15, 0.2) is 0 Å². The quantitative estimate of drug-likeness (QED) is 0.727. The van der Waals surface area contributed by atoms with Gasteiger partial charge in [0.05, 0.1) is 0 Å². The van der Waals surface area contributed by atoms with Crippen LogP contribution < -0.4 is 11.1 Å². The summed E-state index contributed by atoms with van der Waals surface area (Å²) in [5, 5.41) is 3.60. The summed E-state index contributed by atoms with van der Waals surface area (Å²) in [5.74, 6) is 0.809. The Morgan fingerprint density at radius 1 is 1.30 bits per heavy atom. The second-order valence-electron chi connectivity index (χ2n) is 5.71. The SMILES string of the molecule is CCN(CC)CCNC(CN)c1cccc(C2CC2)c1. The Morgan fingerprint density at radius 3 is 2.65 bits per heavy atom. The monoisotopic (exact) mass is 275 g/mol. The number of nitrogens with two attached hydrogens (primary N) is 1. The van der Waals surface area contributed by atoms with Crippen molar-refractivity contribution in [3.8, 4) is 0 Å². The van der Waals surface area contributed by atoms with Crippen LogP contribution in [-0.2, 0) is 0 Å². The van der Waals surface area contributed by atoms with Crippen molar-refractivity contribution in [1.82, 2.24) is 10.2 Å². The zero-order valence-electron chi connectivity index (χ0n) is 12.9. The van der Waals surface area contributed by atoms with Crippen LogP contribution in [-0.4, -0.2) is 37.6 Å². The molecular formula is C17H29N3. The summed E-state index contributed by atoms with van der Waals surface area (Å²) in [6.45, 7) is 9.40.